The van der Waals surface area contributed by atoms with Gasteiger partial charge in [0.25, 0.3) is 5.56 Å². The Morgan fingerprint density at radius 1 is 0.970 bits per heavy atom. The van der Waals surface area contributed by atoms with Gasteiger partial charge in [-0.25, -0.2) is 14.6 Å². The van der Waals surface area contributed by atoms with Crippen LogP contribution in [-0.2, 0) is 6.54 Å². The minimum Gasteiger partial charge on any atom is -0.363 e. The van der Waals surface area contributed by atoms with E-state index in [1.165, 1.54) is 0 Å². The average Bonchev–Trinajstić information content (AvgIpc) is 3.22. The van der Waals surface area contributed by atoms with Crippen molar-refractivity contribution in [1.29, 1.82) is 0 Å². The number of aryl methyl sites for hydroxylation is 1. The molecule has 5 aromatic rings. The molecular formula is C25H23N7O. The molecule has 0 fully saturated rings. The number of aromatic nitrogens is 6. The van der Waals surface area contributed by atoms with Crippen LogP contribution >= 0.6 is 0 Å². The molecule has 0 saturated heterocycles. The molecule has 0 radical (unpaired) electrons. The molecule has 1 N–H and O–H groups in total. The van der Waals surface area contributed by atoms with E-state index in [-0.39, 0.29) is 5.56 Å². The smallest absolute Gasteiger partial charge is 0.259 e. The fourth-order valence-corrected chi connectivity index (χ4v) is 3.65. The van der Waals surface area contributed by atoms with E-state index in [0.717, 1.165) is 33.7 Å². The van der Waals surface area contributed by atoms with Crippen LogP contribution in [-0.4, -0.2) is 43.8 Å². The van der Waals surface area contributed by atoms with Gasteiger partial charge in [-0.05, 0) is 43.3 Å². The number of rotatable bonds is 5. The summed E-state index contributed by atoms with van der Waals surface area (Å²) in [6.45, 7) is 2.22. The molecule has 1 aromatic carbocycles. The van der Waals surface area contributed by atoms with E-state index >= 15 is 0 Å². The Labute approximate surface area is 190 Å². The number of fused-ring (bicyclic) bond motifs is 1. The molecule has 0 aliphatic heterocycles. The molecule has 8 heteroatoms. The summed E-state index contributed by atoms with van der Waals surface area (Å²) in [6, 6.07) is 19.5. The van der Waals surface area contributed by atoms with Crippen molar-refractivity contribution < 1.29 is 0 Å². The van der Waals surface area contributed by atoms with Gasteiger partial charge in [0, 0.05) is 36.9 Å². The van der Waals surface area contributed by atoms with Crippen LogP contribution in [0, 0.1) is 6.92 Å². The molecule has 164 valence electrons. The Balaban J connectivity index is 1.60. The Hall–Kier alpha value is -4.33. The van der Waals surface area contributed by atoms with E-state index in [1.54, 1.807) is 16.9 Å². The van der Waals surface area contributed by atoms with E-state index in [1.807, 2.05) is 80.5 Å². The number of hydrogen-bond acceptors (Lipinski definition) is 6. The zero-order chi connectivity index (χ0) is 22.9. The zero-order valence-corrected chi connectivity index (χ0v) is 18.6. The fourth-order valence-electron chi connectivity index (χ4n) is 3.65. The maximum Gasteiger partial charge on any atom is 0.259 e. The number of aromatic amines is 1. The normalized spacial score (nSPS) is 11.1. The summed E-state index contributed by atoms with van der Waals surface area (Å²) >= 11 is 0. The van der Waals surface area contributed by atoms with Crippen LogP contribution in [0.5, 0.6) is 0 Å². The first kappa shape index (κ1) is 20.6. The third-order valence-electron chi connectivity index (χ3n) is 5.40. The Morgan fingerprint density at radius 2 is 1.82 bits per heavy atom. The molecule has 5 rings (SSSR count). The highest BCUT2D eigenvalue weighted by Gasteiger charge is 2.17. The standard InChI is InChI=1S/C25H23N7O/c1-16-8-12-20(25(33)27-16)24-29-23(18-10-13-22(26-14-18)31(2)3)30-32(24)15-19-11-9-17-6-4-5-7-21(17)28-19/h4-14H,15H2,1-3H3,(H,27,33). The summed E-state index contributed by atoms with van der Waals surface area (Å²) in [4.78, 5) is 31.5. The third-order valence-corrected chi connectivity index (χ3v) is 5.40. The van der Waals surface area contributed by atoms with Gasteiger partial charge in [-0.2, -0.15) is 0 Å². The number of H-pyrrole nitrogens is 1. The molecule has 0 aliphatic carbocycles. The summed E-state index contributed by atoms with van der Waals surface area (Å²) in [6.07, 6.45) is 1.74. The number of anilines is 1. The van der Waals surface area contributed by atoms with E-state index in [9.17, 15) is 4.79 Å². The minimum atomic E-state index is -0.206. The van der Waals surface area contributed by atoms with Crippen molar-refractivity contribution in [3.63, 3.8) is 0 Å². The van der Waals surface area contributed by atoms with Crippen LogP contribution in [0.1, 0.15) is 11.4 Å². The number of para-hydroxylation sites is 1. The van der Waals surface area contributed by atoms with Crippen LogP contribution in [0.4, 0.5) is 5.82 Å². The molecule has 8 nitrogen and oxygen atoms in total. The average molecular weight is 438 g/mol. The van der Waals surface area contributed by atoms with Gasteiger partial charge in [0.2, 0.25) is 0 Å². The minimum absolute atomic E-state index is 0.206. The fraction of sp³-hybridized carbons (Fsp3) is 0.160. The van der Waals surface area contributed by atoms with Crippen LogP contribution in [0.2, 0.25) is 0 Å². The van der Waals surface area contributed by atoms with Gasteiger partial charge in [-0.15, -0.1) is 5.10 Å². The van der Waals surface area contributed by atoms with Gasteiger partial charge in [-0.1, -0.05) is 24.3 Å². The van der Waals surface area contributed by atoms with Crippen LogP contribution < -0.4 is 10.5 Å². The van der Waals surface area contributed by atoms with Gasteiger partial charge in [0.1, 0.15) is 5.82 Å². The number of nitrogens with one attached hydrogen (secondary N) is 1. The van der Waals surface area contributed by atoms with Gasteiger partial charge in [-0.3, -0.25) is 9.78 Å². The van der Waals surface area contributed by atoms with Crippen LogP contribution in [0.3, 0.4) is 0 Å². The van der Waals surface area contributed by atoms with Gasteiger partial charge >= 0.3 is 0 Å². The van der Waals surface area contributed by atoms with Crippen molar-refractivity contribution >= 4 is 16.7 Å². The van der Waals surface area contributed by atoms with Crippen molar-refractivity contribution in [3.8, 4) is 22.8 Å². The summed E-state index contributed by atoms with van der Waals surface area (Å²) in [5.41, 5.74) is 3.55. The summed E-state index contributed by atoms with van der Waals surface area (Å²) in [5.74, 6) is 1.83. The van der Waals surface area contributed by atoms with Gasteiger partial charge in [0.15, 0.2) is 11.6 Å². The van der Waals surface area contributed by atoms with Crippen molar-refractivity contribution in [2.24, 2.45) is 0 Å². The Morgan fingerprint density at radius 3 is 2.58 bits per heavy atom. The monoisotopic (exact) mass is 437 g/mol. The molecule has 0 saturated carbocycles. The van der Waals surface area contributed by atoms with Crippen molar-refractivity contribution in [2.45, 2.75) is 13.5 Å². The predicted molar refractivity (Wildman–Crippen MR) is 129 cm³/mol. The summed E-state index contributed by atoms with van der Waals surface area (Å²) < 4.78 is 1.73. The second-order valence-corrected chi connectivity index (χ2v) is 8.10. The molecule has 0 unspecified atom stereocenters. The maximum atomic E-state index is 12.7. The van der Waals surface area contributed by atoms with Crippen LogP contribution in [0.25, 0.3) is 33.7 Å². The predicted octanol–water partition coefficient (Wildman–Crippen LogP) is 3.67. The topological polar surface area (TPSA) is 92.6 Å². The lowest BCUT2D eigenvalue weighted by Crippen LogP contribution is -2.14. The second kappa shape index (κ2) is 8.31. The second-order valence-electron chi connectivity index (χ2n) is 8.10. The Bertz CT molecular complexity index is 1500. The lowest BCUT2D eigenvalue weighted by molar-refractivity contribution is 0.682. The quantitative estimate of drug-likeness (QED) is 0.451. The summed E-state index contributed by atoms with van der Waals surface area (Å²) in [5, 5.41) is 5.80. The molecule has 0 atom stereocenters. The zero-order valence-electron chi connectivity index (χ0n) is 18.6. The maximum absolute atomic E-state index is 12.7. The van der Waals surface area contributed by atoms with Gasteiger partial charge < -0.3 is 9.88 Å². The van der Waals surface area contributed by atoms with Gasteiger partial charge in [0.05, 0.1) is 23.3 Å². The highest BCUT2D eigenvalue weighted by molar-refractivity contribution is 5.78. The molecule has 33 heavy (non-hydrogen) atoms. The molecule has 0 bridgehead atoms. The first-order valence-corrected chi connectivity index (χ1v) is 10.6. The van der Waals surface area contributed by atoms with E-state index in [4.69, 9.17) is 15.1 Å². The molecular weight excluding hydrogens is 414 g/mol. The molecule has 4 heterocycles. The summed E-state index contributed by atoms with van der Waals surface area (Å²) in [7, 11) is 3.88. The Kier molecular flexibility index (Phi) is 5.18. The highest BCUT2D eigenvalue weighted by Crippen LogP contribution is 2.23. The number of hydrogen-bond donors (Lipinski definition) is 1. The van der Waals surface area contributed by atoms with E-state index in [0.29, 0.717) is 23.8 Å². The number of benzene rings is 1. The highest BCUT2D eigenvalue weighted by atomic mass is 16.1. The first-order chi connectivity index (χ1) is 16.0. The van der Waals surface area contributed by atoms with Crippen LogP contribution in [0.15, 0.2) is 71.7 Å². The lowest BCUT2D eigenvalue weighted by atomic mass is 10.2. The van der Waals surface area contributed by atoms with E-state index < -0.39 is 0 Å². The molecule has 0 amide bonds. The SMILES string of the molecule is Cc1ccc(-c2nc(-c3ccc(N(C)C)nc3)nn2Cc2ccc3ccccc3n2)c(=O)[nH]1. The number of pyridine rings is 3. The molecule has 0 spiro atoms. The molecule has 4 aromatic heterocycles. The van der Waals surface area contributed by atoms with Crippen molar-refractivity contribution in [3.05, 3.63) is 88.6 Å². The largest absolute Gasteiger partial charge is 0.363 e. The van der Waals surface area contributed by atoms with Crippen molar-refractivity contribution in [1.82, 2.24) is 29.7 Å². The number of nitrogens with zero attached hydrogens (tertiary/aromatic N) is 6. The van der Waals surface area contributed by atoms with E-state index in [2.05, 4.69) is 9.97 Å². The van der Waals surface area contributed by atoms with Crippen molar-refractivity contribution in [2.75, 3.05) is 19.0 Å². The first-order valence-electron chi connectivity index (χ1n) is 10.6. The molecule has 0 aliphatic rings. The lowest BCUT2D eigenvalue weighted by Gasteiger charge is -2.10. The third kappa shape index (κ3) is 4.10.